The lowest BCUT2D eigenvalue weighted by molar-refractivity contribution is -0.250. The Hall–Kier alpha value is -4.34. The number of sulfonamides is 1. The van der Waals surface area contributed by atoms with E-state index in [2.05, 4.69) is 29.9 Å². The van der Waals surface area contributed by atoms with E-state index in [9.17, 15) is 15.0 Å². The number of unbranched alkanes of at least 4 members (excludes halogenated alkanes) is 11. The molecule has 13 nitrogen and oxygen atoms in total. The number of benzene rings is 2. The summed E-state index contributed by atoms with van der Waals surface area (Å²) in [6.45, 7) is 9.08. The molecule has 6 atom stereocenters. The Morgan fingerprint density at radius 2 is 1.67 bits per heavy atom. The van der Waals surface area contributed by atoms with Gasteiger partial charge in [-0.3, -0.25) is 4.98 Å². The number of hydrogen-bond donors (Lipinski definition) is 3. The van der Waals surface area contributed by atoms with Crippen molar-refractivity contribution >= 4 is 32.7 Å². The van der Waals surface area contributed by atoms with Crippen LogP contribution in [0.25, 0.3) is 10.9 Å². The van der Waals surface area contributed by atoms with Crippen molar-refractivity contribution in [3.8, 4) is 11.5 Å². The van der Waals surface area contributed by atoms with Gasteiger partial charge >= 0.3 is 6.09 Å². The molecular weight excluding hydrogens is 857 g/mol. The van der Waals surface area contributed by atoms with E-state index in [0.29, 0.717) is 54.1 Å². The second kappa shape index (κ2) is 25.1. The maximum atomic E-state index is 15.1. The van der Waals surface area contributed by atoms with E-state index in [-0.39, 0.29) is 48.9 Å². The highest BCUT2D eigenvalue weighted by atomic mass is 32.2. The first kappa shape index (κ1) is 51.1. The number of fused-ring (bicyclic) bond motifs is 3. The molecule has 1 aromatic heterocycles. The molecule has 2 aliphatic carbocycles. The standard InChI is InChI=1S/C52H74N4O9S/c1-5-8-9-10-11-12-13-14-15-18-30-54-51(59)64-40-28-29-45-43(36-40)48-41(26-17-20-33-58)39(23-16-19-32-57)35-42-44(55-63-7-3)37-47(52(65-45,49(42)48)62-34-6-2)56(4)66(60,61)46-27-21-24-38-25-22-31-53-50(38)46/h6,21-22,24-25,27-29,31,35-36,39,41,47-49,57-58H,2,5,7-20,23,26,30,32-34,37H2,1,3-4H3,(H,54,59). The Balaban J connectivity index is 1.39. The fourth-order valence-electron chi connectivity index (χ4n) is 10.5. The molecule has 3 aromatic rings. The zero-order valence-corrected chi connectivity index (χ0v) is 40.3. The van der Waals surface area contributed by atoms with Crippen LogP contribution in [-0.4, -0.2) is 91.6 Å². The Kier molecular flexibility index (Phi) is 19.5. The summed E-state index contributed by atoms with van der Waals surface area (Å²) in [6, 6.07) is 13.2. The number of nitrogens with one attached hydrogen (secondary N) is 1. The molecule has 2 heterocycles. The van der Waals surface area contributed by atoms with Crippen molar-refractivity contribution in [1.29, 1.82) is 0 Å². The highest BCUT2D eigenvalue weighted by Gasteiger charge is 2.65. The van der Waals surface area contributed by atoms with E-state index in [1.165, 1.54) is 49.3 Å². The Morgan fingerprint density at radius 1 is 0.955 bits per heavy atom. The maximum Gasteiger partial charge on any atom is 0.412 e. The van der Waals surface area contributed by atoms with Crippen molar-refractivity contribution in [3.63, 3.8) is 0 Å². The third kappa shape index (κ3) is 12.0. The monoisotopic (exact) mass is 931 g/mol. The van der Waals surface area contributed by atoms with Crippen LogP contribution >= 0.6 is 0 Å². The van der Waals surface area contributed by atoms with E-state index in [4.69, 9.17) is 24.2 Å². The van der Waals surface area contributed by atoms with Crippen molar-refractivity contribution in [1.82, 2.24) is 14.6 Å². The Labute approximate surface area is 393 Å². The molecule has 0 radical (unpaired) electrons. The number of ether oxygens (including phenoxy) is 3. The van der Waals surface area contributed by atoms with E-state index < -0.39 is 33.9 Å². The molecule has 1 saturated carbocycles. The van der Waals surface area contributed by atoms with Crippen LogP contribution in [0.4, 0.5) is 4.79 Å². The number of amides is 1. The molecule has 14 heteroatoms. The SMILES string of the molecule is C=CCOC12Oc3ccc(OC(=O)NCCCCCCCCCCCC)cc3C3C(CCCCO)C(CCCCO)C=C(C(=NOCC)CC1N(C)S(=O)(=O)c1cccc4cccnc14)C32. The van der Waals surface area contributed by atoms with Gasteiger partial charge in [0, 0.05) is 56.3 Å². The van der Waals surface area contributed by atoms with Gasteiger partial charge in [-0.05, 0) is 86.8 Å². The van der Waals surface area contributed by atoms with Gasteiger partial charge < -0.3 is 34.6 Å². The number of aromatic nitrogens is 1. The molecule has 0 spiro atoms. The predicted molar refractivity (Wildman–Crippen MR) is 259 cm³/mol. The molecule has 2 aromatic carbocycles. The largest absolute Gasteiger partial charge is 0.460 e. The normalized spacial score (nSPS) is 22.9. The average molecular weight is 931 g/mol. The fourth-order valence-corrected chi connectivity index (χ4v) is 12.0. The van der Waals surface area contributed by atoms with Crippen molar-refractivity contribution < 1.29 is 42.5 Å². The molecule has 0 saturated heterocycles. The van der Waals surface area contributed by atoms with Crippen molar-refractivity contribution in [2.45, 2.75) is 146 Å². The highest BCUT2D eigenvalue weighted by Crippen LogP contribution is 2.62. The quantitative estimate of drug-likeness (QED) is 0.0362. The minimum Gasteiger partial charge on any atom is -0.460 e. The zero-order valence-electron chi connectivity index (χ0n) is 39.5. The second-order valence-electron chi connectivity index (χ2n) is 18.0. The number of rotatable bonds is 28. The topological polar surface area (TPSA) is 169 Å². The number of likely N-dealkylation sites (N-methyl/N-ethyl adjacent to an activating group) is 1. The first-order valence-electron chi connectivity index (χ1n) is 24.6. The third-order valence-corrected chi connectivity index (χ3v) is 15.5. The van der Waals surface area contributed by atoms with Gasteiger partial charge in [0.25, 0.3) is 0 Å². The van der Waals surface area contributed by atoms with Crippen molar-refractivity contribution in [3.05, 3.63) is 84.6 Å². The first-order chi connectivity index (χ1) is 32.1. The van der Waals surface area contributed by atoms with Crippen molar-refractivity contribution in [2.24, 2.45) is 22.9 Å². The molecule has 6 rings (SSSR count). The van der Waals surface area contributed by atoms with Crippen LogP contribution in [0, 0.1) is 17.8 Å². The van der Waals surface area contributed by atoms with Crippen LogP contribution in [0.2, 0.25) is 0 Å². The van der Waals surface area contributed by atoms with Crippen LogP contribution in [0.15, 0.2) is 89.1 Å². The molecule has 0 bridgehead atoms. The average Bonchev–Trinajstić information content (AvgIpc) is 3.32. The predicted octanol–water partition coefficient (Wildman–Crippen LogP) is 10.2. The first-order valence-corrected chi connectivity index (χ1v) is 26.1. The lowest BCUT2D eigenvalue weighted by atomic mass is 9.55. The number of allylic oxidation sites excluding steroid dienone is 1. The fraction of sp³-hybridized carbons (Fsp3) is 0.596. The summed E-state index contributed by atoms with van der Waals surface area (Å²) in [7, 11) is -2.71. The number of para-hydroxylation sites is 1. The highest BCUT2D eigenvalue weighted by molar-refractivity contribution is 7.89. The van der Waals surface area contributed by atoms with Gasteiger partial charge in [-0.2, -0.15) is 4.31 Å². The Morgan fingerprint density at radius 3 is 2.38 bits per heavy atom. The zero-order chi connectivity index (χ0) is 46.9. The minimum atomic E-state index is -4.27. The third-order valence-electron chi connectivity index (χ3n) is 13.7. The van der Waals surface area contributed by atoms with E-state index in [0.717, 1.165) is 56.1 Å². The van der Waals surface area contributed by atoms with Crippen LogP contribution in [0.3, 0.4) is 0 Å². The van der Waals surface area contributed by atoms with E-state index in [1.54, 1.807) is 49.7 Å². The van der Waals surface area contributed by atoms with Crippen LogP contribution in [0.1, 0.15) is 134 Å². The van der Waals surface area contributed by atoms with Crippen LogP contribution in [-0.2, 0) is 19.6 Å². The molecular formula is C52H74N4O9S. The van der Waals surface area contributed by atoms with Gasteiger partial charge in [0.15, 0.2) is 0 Å². The number of aliphatic hydroxyl groups is 2. The summed E-state index contributed by atoms with van der Waals surface area (Å²) < 4.78 is 51.7. The second-order valence-corrected chi connectivity index (χ2v) is 20.0. The molecule has 66 heavy (non-hydrogen) atoms. The van der Waals surface area contributed by atoms with E-state index >= 15 is 8.42 Å². The molecule has 3 aliphatic rings. The molecule has 1 fully saturated rings. The summed E-state index contributed by atoms with van der Waals surface area (Å²) in [5, 5.41) is 28.2. The van der Waals surface area contributed by atoms with Gasteiger partial charge in [-0.25, -0.2) is 13.2 Å². The molecule has 1 amide bonds. The summed E-state index contributed by atoms with van der Waals surface area (Å²) in [6.07, 6.45) is 21.4. The van der Waals surface area contributed by atoms with E-state index in [1.807, 2.05) is 25.1 Å². The number of aliphatic hydroxyl groups excluding tert-OH is 2. The van der Waals surface area contributed by atoms with Gasteiger partial charge in [-0.15, -0.1) is 6.58 Å². The van der Waals surface area contributed by atoms with Gasteiger partial charge in [-0.1, -0.05) is 113 Å². The number of oxime groups is 1. The van der Waals surface area contributed by atoms with Crippen LogP contribution in [0.5, 0.6) is 11.5 Å². The number of nitrogens with zero attached hydrogens (tertiary/aromatic N) is 3. The summed E-state index contributed by atoms with van der Waals surface area (Å²) in [4.78, 5) is 23.7. The number of carbonyl (C=O) groups excluding carboxylic acids is 1. The van der Waals surface area contributed by atoms with Crippen molar-refractivity contribution in [2.75, 3.05) is 40.0 Å². The number of pyridine rings is 1. The summed E-state index contributed by atoms with van der Waals surface area (Å²) in [5.74, 6) is -1.74. The van der Waals surface area contributed by atoms with Gasteiger partial charge in [0.1, 0.15) is 23.0 Å². The number of carbonyl (C=O) groups is 1. The van der Waals surface area contributed by atoms with Crippen LogP contribution < -0.4 is 14.8 Å². The molecule has 6 unspecified atom stereocenters. The van der Waals surface area contributed by atoms with Gasteiger partial charge in [0.2, 0.25) is 15.8 Å². The lowest BCUT2D eigenvalue weighted by Crippen LogP contribution is -2.69. The minimum absolute atomic E-state index is 0.00933. The number of hydrogen-bond acceptors (Lipinski definition) is 11. The summed E-state index contributed by atoms with van der Waals surface area (Å²) >= 11 is 0. The maximum absolute atomic E-state index is 15.1. The smallest absolute Gasteiger partial charge is 0.412 e. The van der Waals surface area contributed by atoms with Gasteiger partial charge in [0.05, 0.1) is 29.8 Å². The molecule has 3 N–H and O–H groups in total. The summed E-state index contributed by atoms with van der Waals surface area (Å²) in [5.41, 5.74) is 2.61. The molecule has 1 aliphatic heterocycles. The lowest BCUT2D eigenvalue weighted by Gasteiger charge is -2.59. The molecule has 362 valence electrons. The Bertz CT molecular complexity index is 2210.